The fourth-order valence-electron chi connectivity index (χ4n) is 1.79. The number of carbonyl (C=O) groups is 2. The van der Waals surface area contributed by atoms with E-state index in [1.165, 1.54) is 6.20 Å². The number of nitrogens with one attached hydrogen (secondary N) is 2. The molecule has 0 atom stereocenters. The molecule has 1 heterocycles. The second kappa shape index (κ2) is 8.29. The van der Waals surface area contributed by atoms with Gasteiger partial charge in [-0.1, -0.05) is 15.9 Å². The Balaban J connectivity index is 1.66. The Labute approximate surface area is 137 Å². The topological polar surface area (TPSA) is 71.1 Å². The van der Waals surface area contributed by atoms with Gasteiger partial charge in [-0.05, 0) is 42.8 Å². The molecule has 2 aromatic rings. The monoisotopic (exact) mass is 361 g/mol. The SMILES string of the molecule is O=C(NCCCNC(=O)c1cccnc1)c1ccc(Br)cc1. The highest BCUT2D eigenvalue weighted by Crippen LogP contribution is 2.10. The fourth-order valence-corrected chi connectivity index (χ4v) is 2.06. The van der Waals surface area contributed by atoms with Crippen LogP contribution in [-0.4, -0.2) is 29.9 Å². The van der Waals surface area contributed by atoms with E-state index in [-0.39, 0.29) is 11.8 Å². The number of hydrogen-bond acceptors (Lipinski definition) is 3. The highest BCUT2D eigenvalue weighted by atomic mass is 79.9. The molecule has 2 N–H and O–H groups in total. The van der Waals surface area contributed by atoms with Crippen molar-refractivity contribution in [3.05, 3.63) is 64.4 Å². The van der Waals surface area contributed by atoms with Crippen molar-refractivity contribution >= 4 is 27.7 Å². The molecule has 2 amide bonds. The molecular weight excluding hydrogens is 346 g/mol. The maximum atomic E-state index is 11.9. The van der Waals surface area contributed by atoms with Gasteiger partial charge in [0.25, 0.3) is 11.8 Å². The van der Waals surface area contributed by atoms with Gasteiger partial charge in [-0.2, -0.15) is 0 Å². The Bertz CT molecular complexity index is 630. The van der Waals surface area contributed by atoms with E-state index in [0.29, 0.717) is 30.6 Å². The van der Waals surface area contributed by atoms with Crippen molar-refractivity contribution in [2.24, 2.45) is 0 Å². The number of aromatic nitrogens is 1. The van der Waals surface area contributed by atoms with Crippen LogP contribution in [0.25, 0.3) is 0 Å². The summed E-state index contributed by atoms with van der Waals surface area (Å²) in [6, 6.07) is 10.6. The number of pyridine rings is 1. The van der Waals surface area contributed by atoms with Gasteiger partial charge >= 0.3 is 0 Å². The number of nitrogens with zero attached hydrogens (tertiary/aromatic N) is 1. The van der Waals surface area contributed by atoms with E-state index in [0.717, 1.165) is 4.47 Å². The van der Waals surface area contributed by atoms with Crippen molar-refractivity contribution in [1.29, 1.82) is 0 Å². The molecule has 0 saturated carbocycles. The molecule has 0 radical (unpaired) electrons. The molecule has 0 aliphatic rings. The zero-order valence-corrected chi connectivity index (χ0v) is 13.5. The normalized spacial score (nSPS) is 10.0. The lowest BCUT2D eigenvalue weighted by Gasteiger charge is -2.07. The summed E-state index contributed by atoms with van der Waals surface area (Å²) in [6.45, 7) is 0.997. The van der Waals surface area contributed by atoms with E-state index < -0.39 is 0 Å². The average molecular weight is 362 g/mol. The lowest BCUT2D eigenvalue weighted by Crippen LogP contribution is -2.29. The Morgan fingerprint density at radius 3 is 2.18 bits per heavy atom. The summed E-state index contributed by atoms with van der Waals surface area (Å²) in [6.07, 6.45) is 3.80. The summed E-state index contributed by atoms with van der Waals surface area (Å²) in [7, 11) is 0. The maximum absolute atomic E-state index is 11.9. The van der Waals surface area contributed by atoms with Gasteiger partial charge in [0.2, 0.25) is 0 Å². The Morgan fingerprint density at radius 2 is 1.59 bits per heavy atom. The first-order chi connectivity index (χ1) is 10.7. The summed E-state index contributed by atoms with van der Waals surface area (Å²) >= 11 is 3.32. The number of rotatable bonds is 6. The number of benzene rings is 1. The summed E-state index contributed by atoms with van der Waals surface area (Å²) in [5.74, 6) is -0.279. The van der Waals surface area contributed by atoms with Crippen molar-refractivity contribution in [3.8, 4) is 0 Å². The van der Waals surface area contributed by atoms with E-state index in [9.17, 15) is 9.59 Å². The number of hydrogen-bond donors (Lipinski definition) is 2. The zero-order valence-electron chi connectivity index (χ0n) is 11.9. The first-order valence-corrected chi connectivity index (χ1v) is 7.68. The van der Waals surface area contributed by atoms with E-state index >= 15 is 0 Å². The van der Waals surface area contributed by atoms with Crippen LogP contribution in [0.5, 0.6) is 0 Å². The standard InChI is InChI=1S/C16H16BrN3O2/c17-14-6-4-12(5-7-14)15(21)19-9-2-10-20-16(22)13-3-1-8-18-11-13/h1,3-8,11H,2,9-10H2,(H,19,21)(H,20,22). The number of amides is 2. The van der Waals surface area contributed by atoms with Gasteiger partial charge in [-0.25, -0.2) is 0 Å². The third kappa shape index (κ3) is 4.96. The van der Waals surface area contributed by atoms with Crippen molar-refractivity contribution in [1.82, 2.24) is 15.6 Å². The second-order valence-corrected chi connectivity index (χ2v) is 5.53. The third-order valence-corrected chi connectivity index (χ3v) is 3.48. The van der Waals surface area contributed by atoms with Crippen LogP contribution in [0.1, 0.15) is 27.1 Å². The van der Waals surface area contributed by atoms with Gasteiger partial charge in [0.1, 0.15) is 0 Å². The molecule has 0 aliphatic carbocycles. The first-order valence-electron chi connectivity index (χ1n) is 6.89. The molecule has 0 bridgehead atoms. The fraction of sp³-hybridized carbons (Fsp3) is 0.188. The van der Waals surface area contributed by atoms with Crippen LogP contribution in [-0.2, 0) is 0 Å². The van der Waals surface area contributed by atoms with Gasteiger partial charge in [-0.3, -0.25) is 14.6 Å². The van der Waals surface area contributed by atoms with Crippen LogP contribution in [0, 0.1) is 0 Å². The Kier molecular flexibility index (Phi) is 6.09. The zero-order chi connectivity index (χ0) is 15.8. The van der Waals surface area contributed by atoms with Crippen molar-refractivity contribution in [3.63, 3.8) is 0 Å². The molecule has 6 heteroatoms. The number of halogens is 1. The third-order valence-electron chi connectivity index (χ3n) is 2.95. The minimum Gasteiger partial charge on any atom is -0.352 e. The lowest BCUT2D eigenvalue weighted by molar-refractivity contribution is 0.0951. The van der Waals surface area contributed by atoms with Crippen LogP contribution in [0.2, 0.25) is 0 Å². The minimum absolute atomic E-state index is 0.119. The highest BCUT2D eigenvalue weighted by molar-refractivity contribution is 9.10. The summed E-state index contributed by atoms with van der Waals surface area (Å²) in [5, 5.41) is 5.60. The minimum atomic E-state index is -0.160. The van der Waals surface area contributed by atoms with Crippen molar-refractivity contribution < 1.29 is 9.59 Å². The van der Waals surface area contributed by atoms with E-state index in [1.807, 2.05) is 12.1 Å². The molecular formula is C16H16BrN3O2. The summed E-state index contributed by atoms with van der Waals surface area (Å²) in [5.41, 5.74) is 1.14. The second-order valence-electron chi connectivity index (χ2n) is 4.61. The molecule has 0 saturated heterocycles. The molecule has 1 aromatic carbocycles. The highest BCUT2D eigenvalue weighted by Gasteiger charge is 2.05. The first kappa shape index (κ1) is 16.2. The maximum Gasteiger partial charge on any atom is 0.252 e. The molecule has 5 nitrogen and oxygen atoms in total. The van der Waals surface area contributed by atoms with Gasteiger partial charge < -0.3 is 10.6 Å². The molecule has 0 spiro atoms. The Morgan fingerprint density at radius 1 is 0.955 bits per heavy atom. The molecule has 0 fully saturated rings. The predicted octanol–water partition coefficient (Wildman–Crippen LogP) is 2.39. The van der Waals surface area contributed by atoms with E-state index in [4.69, 9.17) is 0 Å². The molecule has 22 heavy (non-hydrogen) atoms. The molecule has 0 aliphatic heterocycles. The van der Waals surface area contributed by atoms with Gasteiger partial charge in [-0.15, -0.1) is 0 Å². The van der Waals surface area contributed by atoms with Gasteiger partial charge in [0.05, 0.1) is 5.56 Å². The Hall–Kier alpha value is -2.21. The predicted molar refractivity (Wildman–Crippen MR) is 87.7 cm³/mol. The largest absolute Gasteiger partial charge is 0.352 e. The molecule has 114 valence electrons. The lowest BCUT2D eigenvalue weighted by atomic mass is 10.2. The number of carbonyl (C=O) groups excluding carboxylic acids is 2. The van der Waals surface area contributed by atoms with Crippen LogP contribution in [0.15, 0.2) is 53.3 Å². The van der Waals surface area contributed by atoms with E-state index in [1.54, 1.807) is 30.5 Å². The van der Waals surface area contributed by atoms with Crippen molar-refractivity contribution in [2.75, 3.05) is 13.1 Å². The molecule has 1 aromatic heterocycles. The average Bonchev–Trinajstić information content (AvgIpc) is 2.55. The van der Waals surface area contributed by atoms with E-state index in [2.05, 4.69) is 31.5 Å². The van der Waals surface area contributed by atoms with Crippen LogP contribution in [0.3, 0.4) is 0 Å². The van der Waals surface area contributed by atoms with Crippen LogP contribution >= 0.6 is 15.9 Å². The van der Waals surface area contributed by atoms with Crippen LogP contribution < -0.4 is 10.6 Å². The molecule has 2 rings (SSSR count). The van der Waals surface area contributed by atoms with Gasteiger partial charge in [0, 0.05) is 35.5 Å². The van der Waals surface area contributed by atoms with Gasteiger partial charge in [0.15, 0.2) is 0 Å². The summed E-state index contributed by atoms with van der Waals surface area (Å²) < 4.78 is 0.933. The molecule has 0 unspecified atom stereocenters. The van der Waals surface area contributed by atoms with Crippen molar-refractivity contribution in [2.45, 2.75) is 6.42 Å². The smallest absolute Gasteiger partial charge is 0.252 e. The quantitative estimate of drug-likeness (QED) is 0.776. The van der Waals surface area contributed by atoms with Crippen LogP contribution in [0.4, 0.5) is 0 Å². The summed E-state index contributed by atoms with van der Waals surface area (Å²) in [4.78, 5) is 27.5.